The average molecular weight is 411 g/mol. The highest BCUT2D eigenvalue weighted by Crippen LogP contribution is 2.28. The second kappa shape index (κ2) is 7.84. The highest BCUT2D eigenvalue weighted by molar-refractivity contribution is 6.30. The van der Waals surface area contributed by atoms with Crippen molar-refractivity contribution < 1.29 is 13.9 Å². The lowest BCUT2D eigenvalue weighted by Crippen LogP contribution is -2.10. The standard InChI is InChI=1S/C23H20ClFN2O2/c1-3-29-23(28)13-21-14(2)19(22-11-16(24)8-9-27(21)22)12-18-6-4-15-10-17(25)5-7-20(15)26-18/h4-11H,3,12-13H2,1-2H3. The topological polar surface area (TPSA) is 43.6 Å². The summed E-state index contributed by atoms with van der Waals surface area (Å²) in [5.74, 6) is -0.540. The van der Waals surface area contributed by atoms with E-state index in [1.54, 1.807) is 19.1 Å². The molecule has 0 N–H and O–H groups in total. The fraction of sp³-hybridized carbons (Fsp3) is 0.217. The van der Waals surface area contributed by atoms with Crippen LogP contribution < -0.4 is 0 Å². The Balaban J connectivity index is 1.78. The van der Waals surface area contributed by atoms with Gasteiger partial charge in [-0.3, -0.25) is 9.78 Å². The summed E-state index contributed by atoms with van der Waals surface area (Å²) in [5.41, 5.74) is 5.50. The third-order valence-corrected chi connectivity index (χ3v) is 5.32. The van der Waals surface area contributed by atoms with Crippen LogP contribution in [0.1, 0.15) is 29.4 Å². The Morgan fingerprint density at radius 2 is 2.03 bits per heavy atom. The molecule has 0 unspecified atom stereocenters. The summed E-state index contributed by atoms with van der Waals surface area (Å²) in [4.78, 5) is 16.8. The van der Waals surface area contributed by atoms with Gasteiger partial charge in [-0.25, -0.2) is 4.39 Å². The first kappa shape index (κ1) is 19.4. The molecule has 0 atom stereocenters. The maximum Gasteiger partial charge on any atom is 0.311 e. The number of nitrogens with zero attached hydrogens (tertiary/aromatic N) is 2. The van der Waals surface area contributed by atoms with Crippen LogP contribution in [0.3, 0.4) is 0 Å². The molecule has 4 aromatic rings. The number of benzene rings is 1. The van der Waals surface area contributed by atoms with Crippen LogP contribution in [0.4, 0.5) is 4.39 Å². The molecule has 4 rings (SSSR count). The number of esters is 1. The largest absolute Gasteiger partial charge is 0.466 e. The van der Waals surface area contributed by atoms with Gasteiger partial charge in [-0.15, -0.1) is 0 Å². The van der Waals surface area contributed by atoms with Gasteiger partial charge in [-0.1, -0.05) is 17.7 Å². The number of fused-ring (bicyclic) bond motifs is 2. The summed E-state index contributed by atoms with van der Waals surface area (Å²) in [6.45, 7) is 4.15. The molecular formula is C23H20ClFN2O2. The van der Waals surface area contributed by atoms with E-state index in [0.29, 0.717) is 18.1 Å². The van der Waals surface area contributed by atoms with Crippen molar-refractivity contribution in [3.63, 3.8) is 0 Å². The Bertz CT molecular complexity index is 1230. The quantitative estimate of drug-likeness (QED) is 0.420. The van der Waals surface area contributed by atoms with E-state index in [9.17, 15) is 9.18 Å². The van der Waals surface area contributed by atoms with Crippen LogP contribution in [0.5, 0.6) is 0 Å². The van der Waals surface area contributed by atoms with Crippen LogP contribution in [0.15, 0.2) is 48.7 Å². The third-order valence-electron chi connectivity index (χ3n) is 5.09. The molecule has 0 aliphatic rings. The Morgan fingerprint density at radius 1 is 1.21 bits per heavy atom. The zero-order valence-electron chi connectivity index (χ0n) is 16.2. The Kier molecular flexibility index (Phi) is 5.24. The first-order valence-electron chi connectivity index (χ1n) is 9.45. The minimum Gasteiger partial charge on any atom is -0.466 e. The monoisotopic (exact) mass is 410 g/mol. The minimum absolute atomic E-state index is 0.187. The fourth-order valence-electron chi connectivity index (χ4n) is 3.70. The number of halogens is 2. The predicted octanol–water partition coefficient (Wildman–Crippen LogP) is 5.28. The van der Waals surface area contributed by atoms with E-state index in [4.69, 9.17) is 16.3 Å². The Labute approximate surface area is 172 Å². The summed E-state index contributed by atoms with van der Waals surface area (Å²) in [6.07, 6.45) is 2.64. The Hall–Kier alpha value is -2.92. The summed E-state index contributed by atoms with van der Waals surface area (Å²) in [7, 11) is 0. The van der Waals surface area contributed by atoms with Crippen LogP contribution in [0.25, 0.3) is 16.4 Å². The van der Waals surface area contributed by atoms with Gasteiger partial charge in [0.05, 0.1) is 24.1 Å². The molecule has 6 heteroatoms. The van der Waals surface area contributed by atoms with Gasteiger partial charge in [0.1, 0.15) is 5.82 Å². The number of pyridine rings is 2. The van der Waals surface area contributed by atoms with Crippen molar-refractivity contribution in [2.24, 2.45) is 0 Å². The molecule has 0 aliphatic heterocycles. The first-order valence-corrected chi connectivity index (χ1v) is 9.82. The van der Waals surface area contributed by atoms with Crippen LogP contribution in [-0.2, 0) is 22.4 Å². The van der Waals surface area contributed by atoms with E-state index in [1.165, 1.54) is 12.1 Å². The predicted molar refractivity (Wildman–Crippen MR) is 112 cm³/mol. The summed E-state index contributed by atoms with van der Waals surface area (Å²) in [6, 6.07) is 12.0. The van der Waals surface area contributed by atoms with Gasteiger partial charge in [-0.05, 0) is 61.4 Å². The number of carbonyl (C=O) groups excluding carboxylic acids is 1. The molecule has 0 bridgehead atoms. The summed E-state index contributed by atoms with van der Waals surface area (Å²) >= 11 is 6.25. The van der Waals surface area contributed by atoms with Gasteiger partial charge in [0.15, 0.2) is 0 Å². The number of hydrogen-bond acceptors (Lipinski definition) is 3. The van der Waals surface area contributed by atoms with E-state index < -0.39 is 0 Å². The Morgan fingerprint density at radius 3 is 2.83 bits per heavy atom. The molecular weight excluding hydrogens is 391 g/mol. The van der Waals surface area contributed by atoms with Crippen LogP contribution in [0, 0.1) is 12.7 Å². The average Bonchev–Trinajstić information content (AvgIpc) is 2.93. The molecule has 29 heavy (non-hydrogen) atoms. The minimum atomic E-state index is -0.278. The van der Waals surface area contributed by atoms with Crippen molar-refractivity contribution in [2.75, 3.05) is 6.61 Å². The third kappa shape index (κ3) is 3.83. The molecule has 4 nitrogen and oxygen atoms in total. The lowest BCUT2D eigenvalue weighted by molar-refractivity contribution is -0.142. The zero-order chi connectivity index (χ0) is 20.5. The molecule has 0 aliphatic carbocycles. The fourth-order valence-corrected chi connectivity index (χ4v) is 3.86. The molecule has 148 valence electrons. The van der Waals surface area contributed by atoms with Crippen LogP contribution in [-0.4, -0.2) is 22.0 Å². The molecule has 3 aromatic heterocycles. The van der Waals surface area contributed by atoms with Gasteiger partial charge in [-0.2, -0.15) is 0 Å². The molecule has 0 radical (unpaired) electrons. The molecule has 3 heterocycles. The van der Waals surface area contributed by atoms with Crippen LogP contribution in [0.2, 0.25) is 5.02 Å². The lowest BCUT2D eigenvalue weighted by Gasteiger charge is -2.05. The smallest absolute Gasteiger partial charge is 0.311 e. The van der Waals surface area contributed by atoms with E-state index in [0.717, 1.165) is 38.9 Å². The maximum atomic E-state index is 13.4. The lowest BCUT2D eigenvalue weighted by atomic mass is 10.0. The van der Waals surface area contributed by atoms with E-state index in [2.05, 4.69) is 4.98 Å². The maximum absolute atomic E-state index is 13.4. The number of aromatic nitrogens is 2. The van der Waals surface area contributed by atoms with Crippen molar-refractivity contribution in [1.29, 1.82) is 0 Å². The highest BCUT2D eigenvalue weighted by atomic mass is 35.5. The molecule has 1 aromatic carbocycles. The van der Waals surface area contributed by atoms with E-state index >= 15 is 0 Å². The SMILES string of the molecule is CCOC(=O)Cc1c(C)c(Cc2ccc3cc(F)ccc3n2)c2cc(Cl)ccn12. The first-order chi connectivity index (χ1) is 14.0. The van der Waals surface area contributed by atoms with Gasteiger partial charge >= 0.3 is 5.97 Å². The second-order valence-electron chi connectivity index (χ2n) is 6.95. The number of carbonyl (C=O) groups is 1. The molecule has 0 amide bonds. The molecule has 0 saturated carbocycles. The van der Waals surface area contributed by atoms with E-state index in [1.807, 2.05) is 35.7 Å². The van der Waals surface area contributed by atoms with E-state index in [-0.39, 0.29) is 18.2 Å². The summed E-state index contributed by atoms with van der Waals surface area (Å²) < 4.78 is 20.6. The van der Waals surface area contributed by atoms with Gasteiger partial charge in [0.25, 0.3) is 0 Å². The second-order valence-corrected chi connectivity index (χ2v) is 7.39. The van der Waals surface area contributed by atoms with Gasteiger partial charge in [0, 0.05) is 34.4 Å². The number of ether oxygens (including phenoxy) is 1. The zero-order valence-corrected chi connectivity index (χ0v) is 17.0. The van der Waals surface area contributed by atoms with Crippen molar-refractivity contribution in [1.82, 2.24) is 9.38 Å². The number of hydrogen-bond donors (Lipinski definition) is 0. The van der Waals surface area contributed by atoms with Gasteiger partial charge < -0.3 is 9.14 Å². The van der Waals surface area contributed by atoms with Gasteiger partial charge in [0.2, 0.25) is 0 Å². The molecule has 0 spiro atoms. The normalized spacial score (nSPS) is 11.3. The molecule has 0 saturated heterocycles. The highest BCUT2D eigenvalue weighted by Gasteiger charge is 2.19. The van der Waals surface area contributed by atoms with Crippen molar-refractivity contribution >= 4 is 34.0 Å². The van der Waals surface area contributed by atoms with Crippen molar-refractivity contribution in [3.8, 4) is 0 Å². The van der Waals surface area contributed by atoms with Crippen LogP contribution >= 0.6 is 11.6 Å². The summed E-state index contributed by atoms with van der Waals surface area (Å²) in [5, 5.41) is 1.39. The van der Waals surface area contributed by atoms with Crippen molar-refractivity contribution in [2.45, 2.75) is 26.7 Å². The molecule has 0 fully saturated rings. The number of rotatable bonds is 5. The van der Waals surface area contributed by atoms with Crippen molar-refractivity contribution in [3.05, 3.63) is 82.0 Å².